The minimum atomic E-state index is 0. The molecule has 0 aliphatic carbocycles. The van der Waals surface area contributed by atoms with Crippen LogP contribution >= 0.6 is 12.4 Å². The van der Waals surface area contributed by atoms with E-state index in [9.17, 15) is 0 Å². The molecule has 0 bridgehead atoms. The van der Waals surface area contributed by atoms with Gasteiger partial charge in [-0.2, -0.15) is 0 Å². The van der Waals surface area contributed by atoms with E-state index in [4.69, 9.17) is 4.74 Å². The molecule has 1 unspecified atom stereocenters. The van der Waals surface area contributed by atoms with E-state index in [1.807, 2.05) is 0 Å². The van der Waals surface area contributed by atoms with E-state index in [2.05, 4.69) is 15.3 Å². The first-order chi connectivity index (χ1) is 6.95. The molecule has 0 aromatic carbocycles. The molecule has 1 aromatic rings. The van der Waals surface area contributed by atoms with Gasteiger partial charge < -0.3 is 10.1 Å². The lowest BCUT2D eigenvalue weighted by Crippen LogP contribution is -2.38. The second-order valence-corrected chi connectivity index (χ2v) is 3.50. The molecule has 1 aromatic heterocycles. The summed E-state index contributed by atoms with van der Waals surface area (Å²) >= 11 is 0. The zero-order chi connectivity index (χ0) is 9.64. The summed E-state index contributed by atoms with van der Waals surface area (Å²) in [5.74, 6) is 0.611. The smallest absolute Gasteiger partial charge is 0.232 e. The SMILES string of the molecule is Cl.c1cnc(OCC2CCCCN2)cn1. The van der Waals surface area contributed by atoms with Gasteiger partial charge in [-0.15, -0.1) is 12.4 Å². The summed E-state index contributed by atoms with van der Waals surface area (Å²) in [5, 5.41) is 3.42. The van der Waals surface area contributed by atoms with Gasteiger partial charge in [-0.1, -0.05) is 6.42 Å². The largest absolute Gasteiger partial charge is 0.475 e. The molecule has 0 saturated carbocycles. The van der Waals surface area contributed by atoms with Gasteiger partial charge >= 0.3 is 0 Å². The summed E-state index contributed by atoms with van der Waals surface area (Å²) in [7, 11) is 0. The quantitative estimate of drug-likeness (QED) is 0.852. The number of ether oxygens (including phenoxy) is 1. The van der Waals surface area contributed by atoms with Crippen LogP contribution in [0.1, 0.15) is 19.3 Å². The van der Waals surface area contributed by atoms with E-state index < -0.39 is 0 Å². The summed E-state index contributed by atoms with van der Waals surface area (Å²) in [6.45, 7) is 1.80. The van der Waals surface area contributed by atoms with Crippen molar-refractivity contribution >= 4 is 12.4 Å². The maximum atomic E-state index is 5.51. The number of halogens is 1. The van der Waals surface area contributed by atoms with E-state index in [0.717, 1.165) is 6.54 Å². The van der Waals surface area contributed by atoms with Crippen LogP contribution in [-0.4, -0.2) is 29.2 Å². The van der Waals surface area contributed by atoms with Gasteiger partial charge in [0, 0.05) is 18.4 Å². The van der Waals surface area contributed by atoms with E-state index in [0.29, 0.717) is 18.5 Å². The minimum absolute atomic E-state index is 0. The molecule has 0 radical (unpaired) electrons. The van der Waals surface area contributed by atoms with Gasteiger partial charge in [0.2, 0.25) is 5.88 Å². The number of hydrogen-bond acceptors (Lipinski definition) is 4. The van der Waals surface area contributed by atoms with Gasteiger partial charge in [0.15, 0.2) is 0 Å². The third-order valence-corrected chi connectivity index (χ3v) is 2.38. The predicted octanol–water partition coefficient (Wildman–Crippen LogP) is 1.42. The number of hydrogen-bond donors (Lipinski definition) is 1. The first kappa shape index (κ1) is 12.2. The van der Waals surface area contributed by atoms with E-state index in [1.165, 1.54) is 19.3 Å². The van der Waals surface area contributed by atoms with Crippen molar-refractivity contribution in [3.05, 3.63) is 18.6 Å². The molecule has 0 spiro atoms. The monoisotopic (exact) mass is 229 g/mol. The maximum Gasteiger partial charge on any atom is 0.232 e. The highest BCUT2D eigenvalue weighted by Crippen LogP contribution is 2.08. The third-order valence-electron chi connectivity index (χ3n) is 2.38. The van der Waals surface area contributed by atoms with Crippen molar-refractivity contribution in [2.24, 2.45) is 0 Å². The average molecular weight is 230 g/mol. The van der Waals surface area contributed by atoms with E-state index >= 15 is 0 Å². The molecule has 4 nitrogen and oxygen atoms in total. The van der Waals surface area contributed by atoms with Crippen molar-refractivity contribution in [2.75, 3.05) is 13.2 Å². The topological polar surface area (TPSA) is 47.0 Å². The predicted molar refractivity (Wildman–Crippen MR) is 60.4 cm³/mol. The summed E-state index contributed by atoms with van der Waals surface area (Å²) in [4.78, 5) is 7.99. The van der Waals surface area contributed by atoms with E-state index in [1.54, 1.807) is 18.6 Å². The standard InChI is InChI=1S/C10H15N3O.ClH/c1-2-4-12-9(3-1)8-14-10-7-11-5-6-13-10;/h5-7,9,12H,1-4,8H2;1H. The van der Waals surface area contributed by atoms with Gasteiger partial charge in [0.05, 0.1) is 6.20 Å². The average Bonchev–Trinajstić information content (AvgIpc) is 2.29. The Morgan fingerprint density at radius 3 is 3.00 bits per heavy atom. The summed E-state index contributed by atoms with van der Waals surface area (Å²) in [5.41, 5.74) is 0. The Balaban J connectivity index is 0.00000112. The first-order valence-corrected chi connectivity index (χ1v) is 5.07. The Morgan fingerprint density at radius 1 is 1.40 bits per heavy atom. The van der Waals surface area contributed by atoms with Crippen LogP contribution in [0.15, 0.2) is 18.6 Å². The second-order valence-electron chi connectivity index (χ2n) is 3.50. The molecule has 1 N–H and O–H groups in total. The fourth-order valence-corrected chi connectivity index (χ4v) is 1.61. The van der Waals surface area contributed by atoms with Crippen molar-refractivity contribution in [1.29, 1.82) is 0 Å². The van der Waals surface area contributed by atoms with Gasteiger partial charge in [-0.3, -0.25) is 4.98 Å². The van der Waals surface area contributed by atoms with Crippen LogP contribution in [-0.2, 0) is 0 Å². The van der Waals surface area contributed by atoms with Crippen LogP contribution in [0.2, 0.25) is 0 Å². The van der Waals surface area contributed by atoms with Crippen LogP contribution < -0.4 is 10.1 Å². The van der Waals surface area contributed by atoms with Gasteiger partial charge in [-0.05, 0) is 19.4 Å². The Kier molecular flexibility index (Phi) is 5.36. The molecule has 2 heterocycles. The molecule has 84 valence electrons. The first-order valence-electron chi connectivity index (χ1n) is 5.07. The second kappa shape index (κ2) is 6.58. The highest BCUT2D eigenvalue weighted by atomic mass is 35.5. The fourth-order valence-electron chi connectivity index (χ4n) is 1.61. The van der Waals surface area contributed by atoms with Crippen LogP contribution in [0.4, 0.5) is 0 Å². The van der Waals surface area contributed by atoms with Gasteiger partial charge in [0.1, 0.15) is 6.61 Å². The molecule has 1 atom stereocenters. The Hall–Kier alpha value is -0.870. The highest BCUT2D eigenvalue weighted by Gasteiger charge is 2.12. The Morgan fingerprint density at radius 2 is 2.33 bits per heavy atom. The van der Waals surface area contributed by atoms with Crippen LogP contribution in [0.3, 0.4) is 0 Å². The van der Waals surface area contributed by atoms with Crippen molar-refractivity contribution < 1.29 is 4.74 Å². The van der Waals surface area contributed by atoms with Gasteiger partial charge in [0.25, 0.3) is 0 Å². The maximum absolute atomic E-state index is 5.51. The molecule has 15 heavy (non-hydrogen) atoms. The summed E-state index contributed by atoms with van der Waals surface area (Å²) in [6, 6.07) is 0.478. The number of rotatable bonds is 3. The normalized spacial score (nSPS) is 20.4. The lowest BCUT2D eigenvalue weighted by molar-refractivity contribution is 0.231. The Bertz CT molecular complexity index is 265. The Labute approximate surface area is 95.9 Å². The lowest BCUT2D eigenvalue weighted by Gasteiger charge is -2.22. The third kappa shape index (κ3) is 4.01. The molecule has 5 heteroatoms. The van der Waals surface area contributed by atoms with Crippen LogP contribution in [0, 0.1) is 0 Å². The number of nitrogens with one attached hydrogen (secondary N) is 1. The minimum Gasteiger partial charge on any atom is -0.475 e. The summed E-state index contributed by atoms with van der Waals surface area (Å²) in [6.07, 6.45) is 8.70. The van der Waals surface area contributed by atoms with Crippen molar-refractivity contribution in [3.8, 4) is 5.88 Å². The number of aromatic nitrogens is 2. The molecule has 2 rings (SSSR count). The summed E-state index contributed by atoms with van der Waals surface area (Å²) < 4.78 is 5.51. The molecular formula is C10H16ClN3O. The zero-order valence-electron chi connectivity index (χ0n) is 8.56. The lowest BCUT2D eigenvalue weighted by atomic mass is 10.1. The van der Waals surface area contributed by atoms with Crippen molar-refractivity contribution in [1.82, 2.24) is 15.3 Å². The fraction of sp³-hybridized carbons (Fsp3) is 0.600. The van der Waals surface area contributed by atoms with Crippen LogP contribution in [0.5, 0.6) is 5.88 Å². The number of nitrogens with zero attached hydrogens (tertiary/aromatic N) is 2. The van der Waals surface area contributed by atoms with E-state index in [-0.39, 0.29) is 12.4 Å². The zero-order valence-corrected chi connectivity index (χ0v) is 9.37. The van der Waals surface area contributed by atoms with Gasteiger partial charge in [-0.25, -0.2) is 4.98 Å². The molecule has 1 aliphatic heterocycles. The molecule has 0 amide bonds. The molecule has 1 aliphatic rings. The van der Waals surface area contributed by atoms with Crippen molar-refractivity contribution in [2.45, 2.75) is 25.3 Å². The molecular weight excluding hydrogens is 214 g/mol. The molecule has 1 saturated heterocycles. The highest BCUT2D eigenvalue weighted by molar-refractivity contribution is 5.85. The molecule has 1 fully saturated rings. The van der Waals surface area contributed by atoms with Crippen molar-refractivity contribution in [3.63, 3.8) is 0 Å². The van der Waals surface area contributed by atoms with Crippen LogP contribution in [0.25, 0.3) is 0 Å². The number of piperidine rings is 1.